The van der Waals surface area contributed by atoms with Gasteiger partial charge < -0.3 is 10.2 Å². The van der Waals surface area contributed by atoms with Gasteiger partial charge in [0.25, 0.3) is 0 Å². The van der Waals surface area contributed by atoms with Crippen LogP contribution in [0.25, 0.3) is 0 Å². The number of aromatic nitrogens is 3. The van der Waals surface area contributed by atoms with Crippen LogP contribution in [-0.4, -0.2) is 51.3 Å². The van der Waals surface area contributed by atoms with Crippen LogP contribution in [0.15, 0.2) is 12.4 Å². The van der Waals surface area contributed by atoms with Crippen molar-refractivity contribution in [3.05, 3.63) is 12.4 Å². The molecular weight excluding hydrogens is 258 g/mol. The summed E-state index contributed by atoms with van der Waals surface area (Å²) >= 11 is 0. The van der Waals surface area contributed by atoms with Crippen LogP contribution in [0.4, 0.5) is 0 Å². The van der Waals surface area contributed by atoms with Crippen LogP contribution >= 0.6 is 0 Å². The first-order valence-corrected chi connectivity index (χ1v) is 7.10. The van der Waals surface area contributed by atoms with Crippen LogP contribution in [0, 0.1) is 5.92 Å². The topological polar surface area (TPSA) is 80.1 Å². The van der Waals surface area contributed by atoms with Gasteiger partial charge in [-0.25, -0.2) is 0 Å². The van der Waals surface area contributed by atoms with Crippen molar-refractivity contribution in [2.24, 2.45) is 5.92 Å². The van der Waals surface area contributed by atoms with Crippen molar-refractivity contribution in [1.82, 2.24) is 25.2 Å². The van der Waals surface area contributed by atoms with Gasteiger partial charge in [-0.15, -0.1) is 5.10 Å². The largest absolute Gasteiger partial charge is 0.356 e. The summed E-state index contributed by atoms with van der Waals surface area (Å²) in [7, 11) is 0. The van der Waals surface area contributed by atoms with Gasteiger partial charge in [0.15, 0.2) is 0 Å². The third-order valence-corrected chi connectivity index (χ3v) is 3.59. The number of hydrogen-bond acceptors (Lipinski definition) is 4. The monoisotopic (exact) mass is 279 g/mol. The number of likely N-dealkylation sites (tertiary alicyclic amines) is 1. The van der Waals surface area contributed by atoms with E-state index in [1.165, 1.54) is 0 Å². The second-order valence-corrected chi connectivity index (χ2v) is 4.98. The fraction of sp³-hybridized carbons (Fsp3) is 0.692. The number of amides is 2. The number of piperidine rings is 1. The maximum Gasteiger partial charge on any atom is 0.224 e. The van der Waals surface area contributed by atoms with E-state index in [1.807, 2.05) is 6.92 Å². The Labute approximate surface area is 118 Å². The highest BCUT2D eigenvalue weighted by Gasteiger charge is 2.28. The number of carbonyl (C=O) groups is 2. The van der Waals surface area contributed by atoms with Crippen LogP contribution < -0.4 is 5.32 Å². The Morgan fingerprint density at radius 1 is 1.55 bits per heavy atom. The van der Waals surface area contributed by atoms with Gasteiger partial charge in [0, 0.05) is 38.8 Å². The lowest BCUT2D eigenvalue weighted by Gasteiger charge is -2.31. The van der Waals surface area contributed by atoms with E-state index in [0.717, 1.165) is 13.0 Å². The van der Waals surface area contributed by atoms with Crippen molar-refractivity contribution in [2.75, 3.05) is 19.6 Å². The Kier molecular flexibility index (Phi) is 5.09. The summed E-state index contributed by atoms with van der Waals surface area (Å²) in [5, 5.41) is 10.5. The lowest BCUT2D eigenvalue weighted by Crippen LogP contribution is -2.45. The Morgan fingerprint density at radius 3 is 3.10 bits per heavy atom. The molecule has 1 N–H and O–H groups in total. The molecule has 1 atom stereocenters. The summed E-state index contributed by atoms with van der Waals surface area (Å²) in [5.41, 5.74) is 0. The smallest absolute Gasteiger partial charge is 0.224 e. The number of nitrogens with zero attached hydrogens (tertiary/aromatic N) is 4. The van der Waals surface area contributed by atoms with E-state index in [0.29, 0.717) is 32.5 Å². The standard InChI is InChI=1S/C13H21N5O2/c1-2-17-10-11(4-5-12(17)19)13(20)14-6-3-8-18-9-7-15-16-18/h7,9,11H,2-6,8,10H2,1H3,(H,14,20)/t11-/m1/s1. The number of rotatable bonds is 6. The molecule has 7 nitrogen and oxygen atoms in total. The van der Waals surface area contributed by atoms with Crippen molar-refractivity contribution >= 4 is 11.8 Å². The predicted octanol–water partition coefficient (Wildman–Crippen LogP) is 0.0429. The molecular formula is C13H21N5O2. The zero-order chi connectivity index (χ0) is 14.4. The van der Waals surface area contributed by atoms with Gasteiger partial charge in [-0.1, -0.05) is 5.21 Å². The molecule has 0 aromatic carbocycles. The van der Waals surface area contributed by atoms with E-state index in [1.54, 1.807) is 22.0 Å². The SMILES string of the molecule is CCN1C[C@H](C(=O)NCCCn2ccnn2)CCC1=O. The van der Waals surface area contributed by atoms with Gasteiger partial charge in [0.1, 0.15) is 0 Å². The predicted molar refractivity (Wildman–Crippen MR) is 72.6 cm³/mol. The van der Waals surface area contributed by atoms with Gasteiger partial charge in [-0.05, 0) is 19.8 Å². The van der Waals surface area contributed by atoms with Crippen molar-refractivity contribution < 1.29 is 9.59 Å². The zero-order valence-corrected chi connectivity index (χ0v) is 11.8. The average molecular weight is 279 g/mol. The Morgan fingerprint density at radius 2 is 2.40 bits per heavy atom. The molecule has 1 aromatic heterocycles. The minimum Gasteiger partial charge on any atom is -0.356 e. The highest BCUT2D eigenvalue weighted by molar-refractivity contribution is 5.83. The zero-order valence-electron chi connectivity index (χ0n) is 11.8. The Hall–Kier alpha value is -1.92. The van der Waals surface area contributed by atoms with Crippen LogP contribution in [0.1, 0.15) is 26.2 Å². The number of carbonyl (C=O) groups excluding carboxylic acids is 2. The first-order valence-electron chi connectivity index (χ1n) is 7.10. The lowest BCUT2D eigenvalue weighted by atomic mass is 9.96. The molecule has 0 saturated carbocycles. The summed E-state index contributed by atoms with van der Waals surface area (Å²) in [6.07, 6.45) is 5.39. The summed E-state index contributed by atoms with van der Waals surface area (Å²) in [5.74, 6) is 0.135. The molecule has 110 valence electrons. The van der Waals surface area contributed by atoms with Crippen molar-refractivity contribution in [2.45, 2.75) is 32.7 Å². The fourth-order valence-electron chi connectivity index (χ4n) is 2.38. The molecule has 1 fully saturated rings. The molecule has 2 amide bonds. The van der Waals surface area contributed by atoms with Crippen LogP contribution in [0.2, 0.25) is 0 Å². The Bertz CT molecular complexity index is 446. The van der Waals surface area contributed by atoms with Crippen LogP contribution in [0.5, 0.6) is 0 Å². The summed E-state index contributed by atoms with van der Waals surface area (Å²) in [4.78, 5) is 25.4. The lowest BCUT2D eigenvalue weighted by molar-refractivity contribution is -0.138. The molecule has 7 heteroatoms. The van der Waals surface area contributed by atoms with Gasteiger partial charge in [0.05, 0.1) is 12.1 Å². The van der Waals surface area contributed by atoms with Crippen LogP contribution in [-0.2, 0) is 16.1 Å². The number of nitrogens with one attached hydrogen (secondary N) is 1. The second-order valence-electron chi connectivity index (χ2n) is 4.98. The van der Waals surface area contributed by atoms with E-state index in [-0.39, 0.29) is 17.7 Å². The molecule has 1 aliphatic rings. The maximum atomic E-state index is 12.0. The molecule has 1 saturated heterocycles. The molecule has 1 aliphatic heterocycles. The molecule has 0 bridgehead atoms. The quantitative estimate of drug-likeness (QED) is 0.746. The first-order chi connectivity index (χ1) is 9.70. The Balaban J connectivity index is 1.68. The highest BCUT2D eigenvalue weighted by Crippen LogP contribution is 2.17. The first kappa shape index (κ1) is 14.5. The molecule has 0 unspecified atom stereocenters. The van der Waals surface area contributed by atoms with E-state index < -0.39 is 0 Å². The molecule has 1 aromatic rings. The van der Waals surface area contributed by atoms with Crippen molar-refractivity contribution in [3.63, 3.8) is 0 Å². The maximum absolute atomic E-state index is 12.0. The second kappa shape index (κ2) is 7.02. The van der Waals surface area contributed by atoms with E-state index in [2.05, 4.69) is 15.6 Å². The van der Waals surface area contributed by atoms with Crippen molar-refractivity contribution in [1.29, 1.82) is 0 Å². The van der Waals surface area contributed by atoms with Gasteiger partial charge >= 0.3 is 0 Å². The normalized spacial score (nSPS) is 19.1. The highest BCUT2D eigenvalue weighted by atomic mass is 16.2. The molecule has 0 aliphatic carbocycles. The van der Waals surface area contributed by atoms with Gasteiger partial charge in [-0.3, -0.25) is 14.3 Å². The number of hydrogen-bond donors (Lipinski definition) is 1. The molecule has 2 heterocycles. The minimum atomic E-state index is -0.0704. The summed E-state index contributed by atoms with van der Waals surface area (Å²) in [6, 6.07) is 0. The van der Waals surface area contributed by atoms with Crippen molar-refractivity contribution in [3.8, 4) is 0 Å². The molecule has 0 radical (unpaired) electrons. The summed E-state index contributed by atoms with van der Waals surface area (Å²) in [6.45, 7) is 4.52. The third-order valence-electron chi connectivity index (χ3n) is 3.59. The minimum absolute atomic E-state index is 0.0505. The van der Waals surface area contributed by atoms with Crippen LogP contribution in [0.3, 0.4) is 0 Å². The molecule has 2 rings (SSSR count). The van der Waals surface area contributed by atoms with E-state index in [4.69, 9.17) is 0 Å². The third kappa shape index (κ3) is 3.79. The fourth-order valence-corrected chi connectivity index (χ4v) is 2.38. The van der Waals surface area contributed by atoms with Gasteiger partial charge in [0.2, 0.25) is 11.8 Å². The van der Waals surface area contributed by atoms with E-state index >= 15 is 0 Å². The summed E-state index contributed by atoms with van der Waals surface area (Å²) < 4.78 is 1.74. The molecule has 0 spiro atoms. The number of aryl methyl sites for hydroxylation is 1. The van der Waals surface area contributed by atoms with Gasteiger partial charge in [-0.2, -0.15) is 0 Å². The molecule has 20 heavy (non-hydrogen) atoms. The van der Waals surface area contributed by atoms with E-state index in [9.17, 15) is 9.59 Å². The average Bonchev–Trinajstić information content (AvgIpc) is 2.97.